The van der Waals surface area contributed by atoms with Crippen molar-refractivity contribution in [1.82, 2.24) is 5.43 Å². The van der Waals surface area contributed by atoms with Crippen LogP contribution >= 0.6 is 11.6 Å². The Balaban J connectivity index is 1.45. The second kappa shape index (κ2) is 11.1. The number of nitrogens with zero attached hydrogens (tertiary/aromatic N) is 1. The van der Waals surface area contributed by atoms with Crippen molar-refractivity contribution in [3.05, 3.63) is 94.5 Å². The Morgan fingerprint density at radius 2 is 1.59 bits per heavy atom. The van der Waals surface area contributed by atoms with Gasteiger partial charge in [0.25, 0.3) is 0 Å². The standard InChI is InChI=1S/C25H24ClN3O3/c1-17(2)20-7-11-22(12-8-20)28-24(30)25(31)29-27-15-18-5-13-23(14-6-18)32-16-19-3-9-21(26)10-4-19/h3-15,17H,16H2,1-2H3,(H,28,30)(H,29,31)/b27-15+. The van der Waals surface area contributed by atoms with Gasteiger partial charge in [0.1, 0.15) is 12.4 Å². The molecule has 3 aromatic rings. The zero-order chi connectivity index (χ0) is 22.9. The fraction of sp³-hybridized carbons (Fsp3) is 0.160. The van der Waals surface area contributed by atoms with Crippen LogP contribution in [0, 0.1) is 0 Å². The van der Waals surface area contributed by atoms with Crippen molar-refractivity contribution >= 4 is 35.3 Å². The summed E-state index contributed by atoms with van der Waals surface area (Å²) in [4.78, 5) is 23.9. The minimum atomic E-state index is -0.850. The number of carbonyl (C=O) groups is 2. The van der Waals surface area contributed by atoms with Gasteiger partial charge in [-0.15, -0.1) is 0 Å². The molecule has 0 spiro atoms. The Morgan fingerprint density at radius 3 is 2.22 bits per heavy atom. The largest absolute Gasteiger partial charge is 0.489 e. The molecule has 0 aliphatic rings. The second-order valence-electron chi connectivity index (χ2n) is 7.41. The highest BCUT2D eigenvalue weighted by molar-refractivity contribution is 6.39. The van der Waals surface area contributed by atoms with E-state index in [1.807, 2.05) is 36.4 Å². The lowest BCUT2D eigenvalue weighted by atomic mass is 10.0. The average molecular weight is 450 g/mol. The molecule has 32 heavy (non-hydrogen) atoms. The van der Waals surface area contributed by atoms with Crippen molar-refractivity contribution in [3.8, 4) is 5.75 Å². The summed E-state index contributed by atoms with van der Waals surface area (Å²) in [7, 11) is 0. The van der Waals surface area contributed by atoms with E-state index in [2.05, 4.69) is 29.7 Å². The summed E-state index contributed by atoms with van der Waals surface area (Å²) in [6, 6.07) is 22.0. The number of amides is 2. The highest BCUT2D eigenvalue weighted by atomic mass is 35.5. The highest BCUT2D eigenvalue weighted by Gasteiger charge is 2.13. The van der Waals surface area contributed by atoms with Crippen molar-refractivity contribution in [2.45, 2.75) is 26.4 Å². The topological polar surface area (TPSA) is 79.8 Å². The van der Waals surface area contributed by atoms with E-state index in [0.29, 0.717) is 29.0 Å². The first kappa shape index (κ1) is 23.0. The summed E-state index contributed by atoms with van der Waals surface area (Å²) in [6.45, 7) is 4.60. The molecule has 7 heteroatoms. The molecule has 2 amide bonds. The summed E-state index contributed by atoms with van der Waals surface area (Å²) in [6.07, 6.45) is 1.45. The van der Waals surface area contributed by atoms with Gasteiger partial charge in [-0.2, -0.15) is 5.10 Å². The van der Waals surface area contributed by atoms with E-state index in [4.69, 9.17) is 16.3 Å². The molecule has 0 heterocycles. The lowest BCUT2D eigenvalue weighted by Crippen LogP contribution is -2.32. The van der Waals surface area contributed by atoms with Gasteiger partial charge >= 0.3 is 11.8 Å². The molecular formula is C25H24ClN3O3. The number of benzene rings is 3. The van der Waals surface area contributed by atoms with Crippen molar-refractivity contribution in [2.24, 2.45) is 5.10 Å². The molecule has 0 saturated heterocycles. The summed E-state index contributed by atoms with van der Waals surface area (Å²) in [5.74, 6) is -0.548. The van der Waals surface area contributed by atoms with Crippen LogP contribution in [0.5, 0.6) is 5.75 Å². The molecule has 164 valence electrons. The Morgan fingerprint density at radius 1 is 0.938 bits per heavy atom. The Hall–Kier alpha value is -3.64. The van der Waals surface area contributed by atoms with Gasteiger partial charge in [-0.3, -0.25) is 9.59 Å². The van der Waals surface area contributed by atoms with Crippen LogP contribution in [0.3, 0.4) is 0 Å². The van der Waals surface area contributed by atoms with Crippen LogP contribution in [0.4, 0.5) is 5.69 Å². The number of ether oxygens (including phenoxy) is 1. The number of halogens is 1. The predicted octanol–water partition coefficient (Wildman–Crippen LogP) is 5.13. The normalized spacial score (nSPS) is 10.9. The number of hydrazone groups is 1. The Labute approximate surface area is 192 Å². The lowest BCUT2D eigenvalue weighted by molar-refractivity contribution is -0.136. The van der Waals surface area contributed by atoms with Gasteiger partial charge in [-0.05, 0) is 71.1 Å². The van der Waals surface area contributed by atoms with Crippen molar-refractivity contribution in [2.75, 3.05) is 5.32 Å². The smallest absolute Gasteiger partial charge is 0.329 e. The number of rotatable bonds is 7. The van der Waals surface area contributed by atoms with Gasteiger partial charge in [0.05, 0.1) is 6.21 Å². The van der Waals surface area contributed by atoms with E-state index in [-0.39, 0.29) is 0 Å². The van der Waals surface area contributed by atoms with E-state index < -0.39 is 11.8 Å². The van der Waals surface area contributed by atoms with Gasteiger partial charge < -0.3 is 10.1 Å². The molecule has 2 N–H and O–H groups in total. The van der Waals surface area contributed by atoms with Gasteiger partial charge in [-0.25, -0.2) is 5.43 Å². The molecule has 6 nitrogen and oxygen atoms in total. The number of carbonyl (C=O) groups excluding carboxylic acids is 2. The monoisotopic (exact) mass is 449 g/mol. The maximum absolute atomic E-state index is 12.0. The molecule has 0 aliphatic carbocycles. The fourth-order valence-electron chi connectivity index (χ4n) is 2.75. The summed E-state index contributed by atoms with van der Waals surface area (Å²) < 4.78 is 5.73. The van der Waals surface area contributed by atoms with E-state index in [1.54, 1.807) is 36.4 Å². The van der Waals surface area contributed by atoms with Gasteiger partial charge in [0, 0.05) is 10.7 Å². The maximum Gasteiger partial charge on any atom is 0.329 e. The van der Waals surface area contributed by atoms with E-state index in [1.165, 1.54) is 6.21 Å². The molecule has 0 unspecified atom stereocenters. The number of nitrogens with one attached hydrogen (secondary N) is 2. The number of hydrogen-bond acceptors (Lipinski definition) is 4. The first-order valence-corrected chi connectivity index (χ1v) is 10.5. The second-order valence-corrected chi connectivity index (χ2v) is 7.85. The summed E-state index contributed by atoms with van der Waals surface area (Å²) >= 11 is 5.87. The fourth-order valence-corrected chi connectivity index (χ4v) is 2.88. The summed E-state index contributed by atoms with van der Waals surface area (Å²) in [5, 5.41) is 7.06. The predicted molar refractivity (Wildman–Crippen MR) is 127 cm³/mol. The molecule has 0 radical (unpaired) electrons. The third kappa shape index (κ3) is 6.96. The summed E-state index contributed by atoms with van der Waals surface area (Å²) in [5.41, 5.74) is 5.68. The first-order chi connectivity index (χ1) is 15.4. The van der Waals surface area contributed by atoms with Crippen molar-refractivity contribution in [1.29, 1.82) is 0 Å². The van der Waals surface area contributed by atoms with Crippen LogP contribution in [0.1, 0.15) is 36.5 Å². The van der Waals surface area contributed by atoms with Crippen LogP contribution in [0.15, 0.2) is 77.9 Å². The minimum Gasteiger partial charge on any atom is -0.489 e. The molecule has 0 saturated carbocycles. The first-order valence-electron chi connectivity index (χ1n) is 10.1. The zero-order valence-corrected chi connectivity index (χ0v) is 18.6. The quantitative estimate of drug-likeness (QED) is 0.298. The molecule has 3 rings (SSSR count). The average Bonchev–Trinajstić information content (AvgIpc) is 2.80. The number of hydrogen-bond donors (Lipinski definition) is 2. The third-order valence-corrected chi connectivity index (χ3v) is 4.87. The van der Waals surface area contributed by atoms with Crippen LogP contribution in [0.2, 0.25) is 5.02 Å². The van der Waals surface area contributed by atoms with E-state index >= 15 is 0 Å². The van der Waals surface area contributed by atoms with E-state index in [0.717, 1.165) is 16.7 Å². The van der Waals surface area contributed by atoms with Crippen LogP contribution < -0.4 is 15.5 Å². The van der Waals surface area contributed by atoms with Gasteiger partial charge in [-0.1, -0.05) is 49.7 Å². The van der Waals surface area contributed by atoms with Crippen molar-refractivity contribution < 1.29 is 14.3 Å². The van der Waals surface area contributed by atoms with Gasteiger partial charge in [0.2, 0.25) is 0 Å². The minimum absolute atomic E-state index is 0.390. The zero-order valence-electron chi connectivity index (χ0n) is 17.8. The Kier molecular flexibility index (Phi) is 8.00. The molecule has 0 atom stereocenters. The lowest BCUT2D eigenvalue weighted by Gasteiger charge is -2.08. The Bertz CT molecular complexity index is 1080. The maximum atomic E-state index is 12.0. The van der Waals surface area contributed by atoms with Crippen LogP contribution in [-0.4, -0.2) is 18.0 Å². The molecule has 0 fully saturated rings. The van der Waals surface area contributed by atoms with Gasteiger partial charge in [0.15, 0.2) is 0 Å². The van der Waals surface area contributed by atoms with Crippen LogP contribution in [0.25, 0.3) is 0 Å². The SMILES string of the molecule is CC(C)c1ccc(NC(=O)C(=O)N/N=C/c2ccc(OCc3ccc(Cl)cc3)cc2)cc1. The molecule has 0 aliphatic heterocycles. The third-order valence-electron chi connectivity index (χ3n) is 4.62. The number of anilines is 1. The van der Waals surface area contributed by atoms with E-state index in [9.17, 15) is 9.59 Å². The highest BCUT2D eigenvalue weighted by Crippen LogP contribution is 2.17. The molecule has 3 aromatic carbocycles. The van der Waals surface area contributed by atoms with Crippen molar-refractivity contribution in [3.63, 3.8) is 0 Å². The molecular weight excluding hydrogens is 426 g/mol. The van der Waals surface area contributed by atoms with Crippen LogP contribution in [-0.2, 0) is 16.2 Å². The molecule has 0 bridgehead atoms. The molecule has 0 aromatic heterocycles.